The number of pyridine rings is 1. The molecular formula is C17H20BrN3. The lowest BCUT2D eigenvalue weighted by Crippen LogP contribution is -2.29. The summed E-state index contributed by atoms with van der Waals surface area (Å²) in [5.74, 6) is 0. The quantitative estimate of drug-likeness (QED) is 0.887. The van der Waals surface area contributed by atoms with Crippen molar-refractivity contribution in [2.24, 2.45) is 0 Å². The third-order valence-electron chi connectivity index (χ3n) is 3.85. The van der Waals surface area contributed by atoms with Crippen LogP contribution < -0.4 is 10.2 Å². The highest BCUT2D eigenvalue weighted by Gasteiger charge is 2.10. The van der Waals surface area contributed by atoms with Crippen LogP contribution in [0, 0.1) is 0 Å². The third-order valence-corrected chi connectivity index (χ3v) is 4.28. The fourth-order valence-electron chi connectivity index (χ4n) is 2.70. The normalized spacial score (nSPS) is 15.0. The molecule has 0 bridgehead atoms. The lowest BCUT2D eigenvalue weighted by atomic mass is 10.1. The molecule has 0 aliphatic carbocycles. The number of rotatable bonds is 4. The molecule has 4 heteroatoms. The van der Waals surface area contributed by atoms with E-state index in [1.807, 2.05) is 6.20 Å². The molecule has 21 heavy (non-hydrogen) atoms. The van der Waals surface area contributed by atoms with Gasteiger partial charge in [-0.05, 0) is 71.1 Å². The first-order valence-corrected chi connectivity index (χ1v) is 8.29. The van der Waals surface area contributed by atoms with Crippen LogP contribution >= 0.6 is 15.9 Å². The van der Waals surface area contributed by atoms with E-state index in [1.54, 1.807) is 6.20 Å². The van der Waals surface area contributed by atoms with Gasteiger partial charge < -0.3 is 10.2 Å². The van der Waals surface area contributed by atoms with Crippen LogP contribution in [-0.2, 0) is 6.54 Å². The van der Waals surface area contributed by atoms with Crippen LogP contribution in [0.2, 0.25) is 0 Å². The maximum absolute atomic E-state index is 4.18. The van der Waals surface area contributed by atoms with Crippen LogP contribution in [0.5, 0.6) is 0 Å². The van der Waals surface area contributed by atoms with Gasteiger partial charge in [0.15, 0.2) is 0 Å². The van der Waals surface area contributed by atoms with Crippen LogP contribution in [0.1, 0.15) is 24.8 Å². The molecule has 1 N–H and O–H groups in total. The Morgan fingerprint density at radius 3 is 2.52 bits per heavy atom. The maximum Gasteiger partial charge on any atom is 0.0416 e. The van der Waals surface area contributed by atoms with Crippen molar-refractivity contribution < 1.29 is 0 Å². The first kappa shape index (κ1) is 14.4. The fraction of sp³-hybridized carbons (Fsp3) is 0.353. The summed E-state index contributed by atoms with van der Waals surface area (Å²) >= 11 is 3.45. The minimum atomic E-state index is 0.787. The number of halogens is 1. The van der Waals surface area contributed by atoms with Crippen LogP contribution in [0.25, 0.3) is 0 Å². The van der Waals surface area contributed by atoms with Gasteiger partial charge in [-0.3, -0.25) is 4.98 Å². The minimum absolute atomic E-state index is 0.787. The number of nitrogens with zero attached hydrogens (tertiary/aromatic N) is 2. The number of hydrogen-bond acceptors (Lipinski definition) is 3. The van der Waals surface area contributed by atoms with Gasteiger partial charge in [-0.25, -0.2) is 0 Å². The Morgan fingerprint density at radius 1 is 1.05 bits per heavy atom. The van der Waals surface area contributed by atoms with Crippen LogP contribution in [0.15, 0.2) is 47.2 Å². The van der Waals surface area contributed by atoms with Gasteiger partial charge in [-0.15, -0.1) is 0 Å². The van der Waals surface area contributed by atoms with E-state index in [-0.39, 0.29) is 0 Å². The minimum Gasteiger partial charge on any atom is -0.381 e. The average molecular weight is 346 g/mol. The van der Waals surface area contributed by atoms with E-state index in [0.29, 0.717) is 0 Å². The average Bonchev–Trinajstić information content (AvgIpc) is 2.54. The Kier molecular flexibility index (Phi) is 4.76. The molecule has 1 aliphatic heterocycles. The second-order valence-electron chi connectivity index (χ2n) is 5.46. The van der Waals surface area contributed by atoms with Crippen molar-refractivity contribution in [1.29, 1.82) is 0 Å². The highest BCUT2D eigenvalue weighted by atomic mass is 79.9. The first-order valence-electron chi connectivity index (χ1n) is 7.49. The summed E-state index contributed by atoms with van der Waals surface area (Å²) in [6, 6.07) is 10.8. The summed E-state index contributed by atoms with van der Waals surface area (Å²) < 4.78 is 1.02. The van der Waals surface area contributed by atoms with E-state index in [4.69, 9.17) is 0 Å². The van der Waals surface area contributed by atoms with E-state index in [2.05, 4.69) is 61.5 Å². The molecule has 2 heterocycles. The van der Waals surface area contributed by atoms with Crippen molar-refractivity contribution in [3.63, 3.8) is 0 Å². The molecule has 110 valence electrons. The van der Waals surface area contributed by atoms with Crippen LogP contribution in [0.3, 0.4) is 0 Å². The van der Waals surface area contributed by atoms with E-state index < -0.39 is 0 Å². The Balaban J connectivity index is 1.59. The second-order valence-corrected chi connectivity index (χ2v) is 6.38. The standard InChI is InChI=1S/C17H20BrN3/c18-15-10-14(11-19-13-15)12-20-16-4-6-17(7-5-16)21-8-2-1-3-9-21/h4-7,10-11,13,20H,1-3,8-9,12H2. The van der Waals surface area contributed by atoms with E-state index >= 15 is 0 Å². The zero-order chi connectivity index (χ0) is 14.5. The number of hydrogen-bond donors (Lipinski definition) is 1. The van der Waals surface area contributed by atoms with Crippen molar-refractivity contribution in [2.45, 2.75) is 25.8 Å². The molecule has 1 aliphatic rings. The van der Waals surface area contributed by atoms with E-state index in [9.17, 15) is 0 Å². The zero-order valence-electron chi connectivity index (χ0n) is 12.1. The molecule has 0 spiro atoms. The Hall–Kier alpha value is -1.55. The van der Waals surface area contributed by atoms with Gasteiger partial charge in [0.2, 0.25) is 0 Å². The molecule has 1 aromatic heterocycles. The topological polar surface area (TPSA) is 28.2 Å². The Bertz CT molecular complexity index is 577. The number of nitrogens with one attached hydrogen (secondary N) is 1. The maximum atomic E-state index is 4.18. The van der Waals surface area contributed by atoms with Gasteiger partial charge in [0.25, 0.3) is 0 Å². The molecule has 0 atom stereocenters. The molecule has 0 amide bonds. The molecule has 3 rings (SSSR count). The summed E-state index contributed by atoms with van der Waals surface area (Å²) in [5.41, 5.74) is 3.66. The molecule has 0 saturated carbocycles. The third kappa shape index (κ3) is 3.97. The number of piperidine rings is 1. The first-order chi connectivity index (χ1) is 10.3. The highest BCUT2D eigenvalue weighted by molar-refractivity contribution is 9.10. The van der Waals surface area contributed by atoms with Crippen molar-refractivity contribution in [2.75, 3.05) is 23.3 Å². The molecule has 0 unspecified atom stereocenters. The van der Waals surface area contributed by atoms with Crippen molar-refractivity contribution in [3.05, 3.63) is 52.8 Å². The van der Waals surface area contributed by atoms with Crippen LogP contribution in [-0.4, -0.2) is 18.1 Å². The highest BCUT2D eigenvalue weighted by Crippen LogP contribution is 2.22. The smallest absolute Gasteiger partial charge is 0.0416 e. The lowest BCUT2D eigenvalue weighted by molar-refractivity contribution is 0.578. The Morgan fingerprint density at radius 2 is 1.81 bits per heavy atom. The Labute approximate surface area is 134 Å². The molecule has 1 aromatic carbocycles. The molecule has 1 fully saturated rings. The molecular weight excluding hydrogens is 326 g/mol. The van der Waals surface area contributed by atoms with Gasteiger partial charge in [-0.1, -0.05) is 0 Å². The van der Waals surface area contributed by atoms with E-state index in [0.717, 1.165) is 16.7 Å². The summed E-state index contributed by atoms with van der Waals surface area (Å²) in [6.45, 7) is 3.17. The lowest BCUT2D eigenvalue weighted by Gasteiger charge is -2.28. The van der Waals surface area contributed by atoms with Gasteiger partial charge in [0.1, 0.15) is 0 Å². The van der Waals surface area contributed by atoms with Gasteiger partial charge in [0.05, 0.1) is 0 Å². The predicted molar refractivity (Wildman–Crippen MR) is 91.8 cm³/mol. The van der Waals surface area contributed by atoms with Gasteiger partial charge >= 0.3 is 0 Å². The largest absolute Gasteiger partial charge is 0.381 e. The van der Waals surface area contributed by atoms with Gasteiger partial charge in [0, 0.05) is 47.9 Å². The summed E-state index contributed by atoms with van der Waals surface area (Å²) in [6.07, 6.45) is 7.69. The number of aromatic nitrogens is 1. The molecule has 0 radical (unpaired) electrons. The predicted octanol–water partition coefficient (Wildman–Crippen LogP) is 4.45. The summed E-state index contributed by atoms with van der Waals surface area (Å²) in [7, 11) is 0. The van der Waals surface area contributed by atoms with E-state index in [1.165, 1.54) is 43.6 Å². The monoisotopic (exact) mass is 345 g/mol. The molecule has 1 saturated heterocycles. The van der Waals surface area contributed by atoms with Crippen molar-refractivity contribution in [1.82, 2.24) is 4.98 Å². The summed E-state index contributed by atoms with van der Waals surface area (Å²) in [4.78, 5) is 6.66. The molecule has 2 aromatic rings. The van der Waals surface area contributed by atoms with Crippen molar-refractivity contribution in [3.8, 4) is 0 Å². The van der Waals surface area contributed by atoms with Gasteiger partial charge in [-0.2, -0.15) is 0 Å². The number of anilines is 2. The fourth-order valence-corrected chi connectivity index (χ4v) is 3.11. The number of benzene rings is 1. The SMILES string of the molecule is Brc1cncc(CNc2ccc(N3CCCCC3)cc2)c1. The molecule has 3 nitrogen and oxygen atoms in total. The van der Waals surface area contributed by atoms with Crippen LogP contribution in [0.4, 0.5) is 11.4 Å². The van der Waals surface area contributed by atoms with Crippen molar-refractivity contribution >= 4 is 27.3 Å². The zero-order valence-corrected chi connectivity index (χ0v) is 13.6. The second kappa shape index (κ2) is 6.94. The summed E-state index contributed by atoms with van der Waals surface area (Å²) in [5, 5.41) is 3.44.